The van der Waals surface area contributed by atoms with Crippen LogP contribution in [0.15, 0.2) is 29.2 Å². The summed E-state index contributed by atoms with van der Waals surface area (Å²) in [5.74, 6) is 0.244. The molecule has 14 heavy (non-hydrogen) atoms. The number of phenolic OH excluding ortho intramolecular Hbond substituents is 1. The van der Waals surface area contributed by atoms with Gasteiger partial charge in [0, 0.05) is 10.3 Å². The fraction of sp³-hybridized carbons (Fsp3) is 0.100. The minimum absolute atomic E-state index is 0.244. The lowest BCUT2D eigenvalue weighted by Crippen LogP contribution is -1.83. The maximum Gasteiger partial charge on any atom is 0.143 e. The summed E-state index contributed by atoms with van der Waals surface area (Å²) in [4.78, 5) is 5.14. The van der Waals surface area contributed by atoms with Crippen molar-refractivity contribution in [2.45, 2.75) is 4.90 Å². The van der Waals surface area contributed by atoms with Gasteiger partial charge in [0.2, 0.25) is 0 Å². The van der Waals surface area contributed by atoms with Crippen LogP contribution in [0.25, 0.3) is 10.9 Å². The normalized spacial score (nSPS) is 10.7. The lowest BCUT2D eigenvalue weighted by molar-refractivity contribution is 0.476. The molecule has 0 aliphatic rings. The molecule has 1 aromatic heterocycles. The molecule has 0 fully saturated rings. The highest BCUT2D eigenvalue weighted by Gasteiger charge is 2.03. The summed E-state index contributed by atoms with van der Waals surface area (Å²) in [5, 5.41) is 10.7. The molecule has 0 atom stereocenters. The van der Waals surface area contributed by atoms with E-state index >= 15 is 0 Å². The Labute approximate surface area is 90.9 Å². The standard InChI is InChI=1S/C10H8ClNOS/c1-14-9-5-6-4-7(13)2-3-8(6)12-10(9)11/h2-5,13H,1H3. The van der Waals surface area contributed by atoms with Crippen LogP contribution in [0.3, 0.4) is 0 Å². The molecule has 0 aliphatic heterocycles. The molecule has 0 amide bonds. The number of benzene rings is 1. The van der Waals surface area contributed by atoms with E-state index < -0.39 is 0 Å². The van der Waals surface area contributed by atoms with Crippen molar-refractivity contribution >= 4 is 34.3 Å². The largest absolute Gasteiger partial charge is 0.508 e. The van der Waals surface area contributed by atoms with Crippen molar-refractivity contribution in [2.24, 2.45) is 0 Å². The molecule has 4 heteroatoms. The first kappa shape index (κ1) is 9.62. The van der Waals surface area contributed by atoms with Crippen molar-refractivity contribution in [3.05, 3.63) is 29.4 Å². The van der Waals surface area contributed by atoms with Gasteiger partial charge in [-0.3, -0.25) is 0 Å². The zero-order valence-electron chi connectivity index (χ0n) is 7.49. The number of hydrogen-bond acceptors (Lipinski definition) is 3. The number of nitrogens with zero attached hydrogens (tertiary/aromatic N) is 1. The van der Waals surface area contributed by atoms with E-state index in [1.165, 1.54) is 0 Å². The maximum absolute atomic E-state index is 9.30. The molecule has 72 valence electrons. The molecule has 2 rings (SSSR count). The Kier molecular flexibility index (Phi) is 2.52. The van der Waals surface area contributed by atoms with Crippen LogP contribution in [0.2, 0.25) is 5.15 Å². The summed E-state index contributed by atoms with van der Waals surface area (Å²) in [7, 11) is 0. The third-order valence-electron chi connectivity index (χ3n) is 1.94. The molecule has 0 radical (unpaired) electrons. The average molecular weight is 226 g/mol. The van der Waals surface area contributed by atoms with Crippen LogP contribution in [-0.4, -0.2) is 16.3 Å². The molecule has 1 aromatic carbocycles. The fourth-order valence-electron chi connectivity index (χ4n) is 1.26. The van der Waals surface area contributed by atoms with Gasteiger partial charge in [0.1, 0.15) is 10.9 Å². The van der Waals surface area contributed by atoms with Gasteiger partial charge in [-0.1, -0.05) is 11.6 Å². The van der Waals surface area contributed by atoms with Gasteiger partial charge in [0.25, 0.3) is 0 Å². The quantitative estimate of drug-likeness (QED) is 0.597. The van der Waals surface area contributed by atoms with Crippen LogP contribution in [0, 0.1) is 0 Å². The second-order valence-electron chi connectivity index (χ2n) is 2.86. The third kappa shape index (κ3) is 1.65. The number of halogens is 1. The van der Waals surface area contributed by atoms with Crippen LogP contribution >= 0.6 is 23.4 Å². The lowest BCUT2D eigenvalue weighted by atomic mass is 10.2. The molecule has 1 heterocycles. The minimum Gasteiger partial charge on any atom is -0.508 e. The van der Waals surface area contributed by atoms with E-state index in [0.717, 1.165) is 15.8 Å². The Hall–Kier alpha value is -0.930. The van der Waals surface area contributed by atoms with Crippen LogP contribution in [0.5, 0.6) is 5.75 Å². The fourth-order valence-corrected chi connectivity index (χ4v) is 2.10. The number of rotatable bonds is 1. The van der Waals surface area contributed by atoms with Gasteiger partial charge < -0.3 is 5.11 Å². The highest BCUT2D eigenvalue weighted by Crippen LogP contribution is 2.28. The summed E-state index contributed by atoms with van der Waals surface area (Å²) in [6, 6.07) is 6.96. The number of aromatic nitrogens is 1. The van der Waals surface area contributed by atoms with Crippen molar-refractivity contribution in [1.29, 1.82) is 0 Å². The molecule has 0 spiro atoms. The van der Waals surface area contributed by atoms with Gasteiger partial charge in [-0.2, -0.15) is 0 Å². The maximum atomic E-state index is 9.30. The SMILES string of the molecule is CSc1cc2cc(O)ccc2nc1Cl. The van der Waals surface area contributed by atoms with E-state index in [1.807, 2.05) is 12.3 Å². The number of pyridine rings is 1. The molecule has 0 bridgehead atoms. The van der Waals surface area contributed by atoms with Crippen LogP contribution in [0.4, 0.5) is 0 Å². The molecule has 2 aromatic rings. The van der Waals surface area contributed by atoms with Gasteiger partial charge in [0.05, 0.1) is 5.52 Å². The van der Waals surface area contributed by atoms with Crippen LogP contribution in [0.1, 0.15) is 0 Å². The summed E-state index contributed by atoms with van der Waals surface area (Å²) in [5.41, 5.74) is 0.797. The summed E-state index contributed by atoms with van der Waals surface area (Å²) in [6.07, 6.45) is 1.94. The summed E-state index contributed by atoms with van der Waals surface area (Å²) < 4.78 is 0. The molecule has 0 aliphatic carbocycles. The Morgan fingerprint density at radius 2 is 2.14 bits per heavy atom. The zero-order chi connectivity index (χ0) is 10.1. The highest BCUT2D eigenvalue weighted by atomic mass is 35.5. The van der Waals surface area contributed by atoms with Gasteiger partial charge in [0.15, 0.2) is 0 Å². The second-order valence-corrected chi connectivity index (χ2v) is 4.06. The third-order valence-corrected chi connectivity index (χ3v) is 3.09. The van der Waals surface area contributed by atoms with E-state index in [0.29, 0.717) is 5.15 Å². The van der Waals surface area contributed by atoms with E-state index in [9.17, 15) is 5.11 Å². The van der Waals surface area contributed by atoms with E-state index in [-0.39, 0.29) is 5.75 Å². The summed E-state index contributed by atoms with van der Waals surface area (Å²) >= 11 is 7.49. The Bertz CT molecular complexity index is 487. The van der Waals surface area contributed by atoms with Crippen molar-refractivity contribution in [2.75, 3.05) is 6.26 Å². The van der Waals surface area contributed by atoms with Gasteiger partial charge in [-0.05, 0) is 30.5 Å². The topological polar surface area (TPSA) is 33.1 Å². The first-order valence-corrected chi connectivity index (χ1v) is 5.64. The highest BCUT2D eigenvalue weighted by molar-refractivity contribution is 7.98. The lowest BCUT2D eigenvalue weighted by Gasteiger charge is -2.03. The Morgan fingerprint density at radius 1 is 1.36 bits per heavy atom. The van der Waals surface area contributed by atoms with Crippen molar-refractivity contribution < 1.29 is 5.11 Å². The van der Waals surface area contributed by atoms with Crippen molar-refractivity contribution in [3.8, 4) is 5.75 Å². The Balaban J connectivity index is 2.73. The molecule has 0 saturated heterocycles. The smallest absolute Gasteiger partial charge is 0.143 e. The molecule has 1 N–H and O–H groups in total. The van der Waals surface area contributed by atoms with E-state index in [4.69, 9.17) is 11.6 Å². The molecular formula is C10H8ClNOS. The van der Waals surface area contributed by atoms with E-state index in [2.05, 4.69) is 4.98 Å². The zero-order valence-corrected chi connectivity index (χ0v) is 9.06. The van der Waals surface area contributed by atoms with Crippen molar-refractivity contribution in [3.63, 3.8) is 0 Å². The van der Waals surface area contributed by atoms with Gasteiger partial charge in [-0.25, -0.2) is 4.98 Å². The number of hydrogen-bond donors (Lipinski definition) is 1. The number of aromatic hydroxyl groups is 1. The first-order chi connectivity index (χ1) is 6.70. The number of phenols is 1. The predicted octanol–water partition coefficient (Wildman–Crippen LogP) is 3.32. The predicted molar refractivity (Wildman–Crippen MR) is 60.2 cm³/mol. The molecule has 0 saturated carbocycles. The Morgan fingerprint density at radius 3 is 2.86 bits per heavy atom. The average Bonchev–Trinajstić information content (AvgIpc) is 2.17. The van der Waals surface area contributed by atoms with Crippen LogP contribution in [-0.2, 0) is 0 Å². The second kappa shape index (κ2) is 3.67. The van der Waals surface area contributed by atoms with Crippen LogP contribution < -0.4 is 0 Å². The van der Waals surface area contributed by atoms with E-state index in [1.54, 1.807) is 30.0 Å². The summed E-state index contributed by atoms with van der Waals surface area (Å²) in [6.45, 7) is 0. The number of thioether (sulfide) groups is 1. The molecule has 2 nitrogen and oxygen atoms in total. The van der Waals surface area contributed by atoms with Gasteiger partial charge >= 0.3 is 0 Å². The molecule has 0 unspecified atom stereocenters. The first-order valence-electron chi connectivity index (χ1n) is 4.04. The monoisotopic (exact) mass is 225 g/mol. The number of fused-ring (bicyclic) bond motifs is 1. The van der Waals surface area contributed by atoms with Crippen molar-refractivity contribution in [1.82, 2.24) is 4.98 Å². The minimum atomic E-state index is 0.244. The van der Waals surface area contributed by atoms with Gasteiger partial charge in [-0.15, -0.1) is 11.8 Å². The molecular weight excluding hydrogens is 218 g/mol.